The van der Waals surface area contributed by atoms with Crippen molar-refractivity contribution in [2.75, 3.05) is 6.61 Å². The molecule has 3 nitrogen and oxygen atoms in total. The van der Waals surface area contributed by atoms with Gasteiger partial charge in [0.1, 0.15) is 0 Å². The van der Waals surface area contributed by atoms with E-state index in [9.17, 15) is 10.2 Å². The maximum Gasteiger partial charge on any atom is 0.0713 e. The van der Waals surface area contributed by atoms with Crippen LogP contribution in [0.4, 0.5) is 0 Å². The lowest BCUT2D eigenvalue weighted by Crippen LogP contribution is -2.53. The predicted molar refractivity (Wildman–Crippen MR) is 122 cm³/mol. The molecule has 5 aromatic carbocycles. The van der Waals surface area contributed by atoms with Crippen molar-refractivity contribution in [2.24, 2.45) is 0 Å². The van der Waals surface area contributed by atoms with Crippen LogP contribution in [0.25, 0.3) is 43.1 Å². The second kappa shape index (κ2) is 6.67. The lowest BCUT2D eigenvalue weighted by molar-refractivity contribution is 0.0404. The van der Waals surface area contributed by atoms with Gasteiger partial charge in [-0.05, 0) is 62.5 Å². The Kier molecular flexibility index (Phi) is 4.21. The summed E-state index contributed by atoms with van der Waals surface area (Å²) in [6.45, 7) is 4.01. The van der Waals surface area contributed by atoms with Gasteiger partial charge >= 0.3 is 0 Å². The Hall–Kier alpha value is -2.72. The first-order valence-electron chi connectivity index (χ1n) is 10.1. The van der Waals surface area contributed by atoms with Crippen LogP contribution < -0.4 is 5.32 Å². The van der Waals surface area contributed by atoms with Crippen LogP contribution in [-0.2, 0) is 6.54 Å². The highest BCUT2D eigenvalue weighted by Crippen LogP contribution is 2.40. The summed E-state index contributed by atoms with van der Waals surface area (Å²) in [5, 5.41) is 33.4. The number of hydrogen-bond donors (Lipinski definition) is 3. The van der Waals surface area contributed by atoms with Crippen LogP contribution in [-0.4, -0.2) is 28.5 Å². The van der Waals surface area contributed by atoms with E-state index in [0.717, 1.165) is 5.56 Å². The molecule has 0 bridgehead atoms. The van der Waals surface area contributed by atoms with E-state index in [1.165, 1.54) is 43.1 Å². The molecule has 0 unspecified atom stereocenters. The highest BCUT2D eigenvalue weighted by molar-refractivity contribution is 6.33. The van der Waals surface area contributed by atoms with Crippen LogP contribution >= 0.6 is 0 Å². The molecular weight excluding hydrogens is 358 g/mol. The summed E-state index contributed by atoms with van der Waals surface area (Å²) >= 11 is 0. The molecule has 0 spiro atoms. The van der Waals surface area contributed by atoms with E-state index in [1.807, 2.05) is 6.92 Å². The Morgan fingerprint density at radius 3 is 1.97 bits per heavy atom. The van der Waals surface area contributed by atoms with Gasteiger partial charge in [0.05, 0.1) is 18.2 Å². The monoisotopic (exact) mass is 383 g/mol. The number of rotatable bonds is 5. The fourth-order valence-corrected chi connectivity index (χ4v) is 4.49. The van der Waals surface area contributed by atoms with E-state index in [-0.39, 0.29) is 6.61 Å². The Bertz CT molecular complexity index is 1290. The molecule has 146 valence electrons. The average Bonchev–Trinajstić information content (AvgIpc) is 2.75. The number of aliphatic hydroxyl groups excluding tert-OH is 2. The lowest BCUT2D eigenvalue weighted by atomic mass is 9.88. The molecule has 0 saturated carbocycles. The van der Waals surface area contributed by atoms with Crippen LogP contribution in [0.5, 0.6) is 0 Å². The van der Waals surface area contributed by atoms with Gasteiger partial charge in [0.25, 0.3) is 0 Å². The highest BCUT2D eigenvalue weighted by atomic mass is 16.3. The molecule has 2 atom stereocenters. The van der Waals surface area contributed by atoms with Crippen molar-refractivity contribution >= 4 is 43.1 Å². The predicted octanol–water partition coefficient (Wildman–Crippen LogP) is 4.96. The molecule has 0 aliphatic rings. The van der Waals surface area contributed by atoms with E-state index in [2.05, 4.69) is 72.0 Å². The maximum atomic E-state index is 10.1. The fourth-order valence-electron chi connectivity index (χ4n) is 4.49. The van der Waals surface area contributed by atoms with Crippen LogP contribution in [0.2, 0.25) is 0 Å². The number of benzene rings is 5. The first-order valence-corrected chi connectivity index (χ1v) is 10.1. The molecule has 5 aromatic rings. The van der Waals surface area contributed by atoms with Crippen molar-refractivity contribution in [3.05, 3.63) is 72.3 Å². The van der Waals surface area contributed by atoms with E-state index in [1.54, 1.807) is 6.92 Å². The first-order chi connectivity index (χ1) is 14.0. The topological polar surface area (TPSA) is 52.5 Å². The molecule has 0 aliphatic heterocycles. The molecule has 29 heavy (non-hydrogen) atoms. The summed E-state index contributed by atoms with van der Waals surface area (Å²) in [7, 11) is 0. The van der Waals surface area contributed by atoms with Gasteiger partial charge in [-0.15, -0.1) is 0 Å². The molecule has 0 heterocycles. The molecule has 3 N–H and O–H groups in total. The number of fused-ring (bicyclic) bond motifs is 2. The summed E-state index contributed by atoms with van der Waals surface area (Å²) in [5.41, 5.74) is 0.426. The van der Waals surface area contributed by atoms with Gasteiger partial charge in [-0.3, -0.25) is 0 Å². The van der Waals surface area contributed by atoms with Crippen LogP contribution in [0, 0.1) is 0 Å². The molecule has 5 rings (SSSR count). The lowest BCUT2D eigenvalue weighted by Gasteiger charge is -2.32. The molecule has 0 aliphatic carbocycles. The maximum absolute atomic E-state index is 10.1. The summed E-state index contributed by atoms with van der Waals surface area (Å²) in [4.78, 5) is 0. The molecular formula is C26H25NO2. The summed E-state index contributed by atoms with van der Waals surface area (Å²) < 4.78 is 0. The SMILES string of the molecule is C[C@H](O)[C@@](C)(CO)NCc1ccc2c3cccc4cccc(c5cccc1c52)c43. The summed E-state index contributed by atoms with van der Waals surface area (Å²) in [6, 6.07) is 23.9. The van der Waals surface area contributed by atoms with E-state index in [4.69, 9.17) is 0 Å². The van der Waals surface area contributed by atoms with Crippen molar-refractivity contribution in [3.8, 4) is 0 Å². The van der Waals surface area contributed by atoms with Crippen molar-refractivity contribution in [2.45, 2.75) is 32.0 Å². The molecule has 3 heteroatoms. The van der Waals surface area contributed by atoms with Gasteiger partial charge in [-0.2, -0.15) is 0 Å². The Morgan fingerprint density at radius 1 is 0.793 bits per heavy atom. The fraction of sp³-hybridized carbons (Fsp3) is 0.231. The number of nitrogens with one attached hydrogen (secondary N) is 1. The van der Waals surface area contributed by atoms with E-state index in [0.29, 0.717) is 6.54 Å². The van der Waals surface area contributed by atoms with E-state index < -0.39 is 11.6 Å². The third-order valence-corrected chi connectivity index (χ3v) is 6.55. The van der Waals surface area contributed by atoms with Crippen LogP contribution in [0.3, 0.4) is 0 Å². The van der Waals surface area contributed by atoms with Gasteiger partial charge < -0.3 is 15.5 Å². The molecule has 0 amide bonds. The Morgan fingerprint density at radius 2 is 1.34 bits per heavy atom. The Labute approximate surface area is 169 Å². The van der Waals surface area contributed by atoms with Crippen molar-refractivity contribution in [1.29, 1.82) is 0 Å². The zero-order chi connectivity index (χ0) is 20.2. The molecule has 0 saturated heterocycles. The van der Waals surface area contributed by atoms with Gasteiger partial charge in [0.15, 0.2) is 0 Å². The zero-order valence-electron chi connectivity index (χ0n) is 16.7. The van der Waals surface area contributed by atoms with Gasteiger partial charge in [-0.1, -0.05) is 66.7 Å². The largest absolute Gasteiger partial charge is 0.394 e. The molecule has 0 radical (unpaired) electrons. The smallest absolute Gasteiger partial charge is 0.0713 e. The standard InChI is InChI=1S/C26H25NO2/c1-16(29)26(2,15-28)27-14-18-12-13-23-21-10-4-7-17-6-3-9-20(24(17)21)22-11-5-8-19(18)25(22)23/h3-13,16,27-29H,14-15H2,1-2H3/t16-,26+/m0/s1. The summed E-state index contributed by atoms with van der Waals surface area (Å²) in [6.07, 6.45) is -0.656. The number of hydrogen-bond acceptors (Lipinski definition) is 3. The normalized spacial score (nSPS) is 15.4. The second-order valence-corrected chi connectivity index (χ2v) is 8.31. The summed E-state index contributed by atoms with van der Waals surface area (Å²) in [5.74, 6) is 0. The highest BCUT2D eigenvalue weighted by Gasteiger charge is 2.28. The minimum absolute atomic E-state index is 0.124. The zero-order valence-corrected chi connectivity index (χ0v) is 16.7. The van der Waals surface area contributed by atoms with Gasteiger partial charge in [-0.25, -0.2) is 0 Å². The molecule has 0 fully saturated rings. The van der Waals surface area contributed by atoms with Gasteiger partial charge in [0, 0.05) is 6.54 Å². The third kappa shape index (κ3) is 2.70. The molecule has 0 aromatic heterocycles. The van der Waals surface area contributed by atoms with Crippen molar-refractivity contribution in [3.63, 3.8) is 0 Å². The Balaban J connectivity index is 1.76. The average molecular weight is 383 g/mol. The minimum Gasteiger partial charge on any atom is -0.394 e. The quantitative estimate of drug-likeness (QED) is 0.297. The minimum atomic E-state index is -0.738. The third-order valence-electron chi connectivity index (χ3n) is 6.55. The van der Waals surface area contributed by atoms with Gasteiger partial charge in [0.2, 0.25) is 0 Å². The van der Waals surface area contributed by atoms with Crippen LogP contribution in [0.15, 0.2) is 66.7 Å². The van der Waals surface area contributed by atoms with Crippen molar-refractivity contribution in [1.82, 2.24) is 5.32 Å². The van der Waals surface area contributed by atoms with E-state index >= 15 is 0 Å². The van der Waals surface area contributed by atoms with Crippen LogP contribution in [0.1, 0.15) is 19.4 Å². The second-order valence-electron chi connectivity index (χ2n) is 8.31. The number of aliphatic hydroxyl groups is 2. The van der Waals surface area contributed by atoms with Crippen molar-refractivity contribution < 1.29 is 10.2 Å². The first kappa shape index (κ1) is 18.3.